The van der Waals surface area contributed by atoms with Crippen LogP contribution < -0.4 is 20.1 Å². The molecule has 0 spiro atoms. The minimum absolute atomic E-state index is 0.0474. The molecule has 2 amide bonds. The average molecular weight is 586 g/mol. The van der Waals surface area contributed by atoms with E-state index in [0.717, 1.165) is 15.7 Å². The number of methoxy groups -OCH3 is 2. The molecule has 0 bridgehead atoms. The molecule has 4 aromatic rings. The smallest absolute Gasteiger partial charge is 0.236 e. The van der Waals surface area contributed by atoms with Crippen LogP contribution in [0.15, 0.2) is 58.0 Å². The summed E-state index contributed by atoms with van der Waals surface area (Å²) in [5.74, 6) is 1.99. The minimum atomic E-state index is -0.261. The molecule has 0 aliphatic carbocycles. The van der Waals surface area contributed by atoms with Crippen molar-refractivity contribution in [1.82, 2.24) is 30.3 Å². The average Bonchev–Trinajstić information content (AvgIpc) is 3.57. The molecule has 4 rings (SSSR count). The van der Waals surface area contributed by atoms with Crippen molar-refractivity contribution in [2.24, 2.45) is 0 Å². The van der Waals surface area contributed by atoms with Crippen molar-refractivity contribution >= 4 is 51.8 Å². The highest BCUT2D eigenvalue weighted by Gasteiger charge is 2.23. The van der Waals surface area contributed by atoms with Gasteiger partial charge in [0.1, 0.15) is 17.2 Å². The van der Waals surface area contributed by atoms with Crippen LogP contribution in [0, 0.1) is 0 Å². The Bertz CT molecular complexity index is 1390. The number of hydrogen-bond acceptors (Lipinski definition) is 11. The summed E-state index contributed by atoms with van der Waals surface area (Å²) in [5.41, 5.74) is 1.47. The standard InChI is InChI=1S/C25H27N7O4S3/c1-4-37-25-31-29-23(39-25)27-21(34)15-38-24-30-28-19(14-26-20(33)13-16-9-6-5-7-10-16)32(24)22-17(35-2)11-8-12-18(22)36-3/h5-12H,4,13-15H2,1-3H3,(H,26,33)(H,27,29,34). The van der Waals surface area contributed by atoms with Crippen LogP contribution in [-0.2, 0) is 22.6 Å². The molecule has 0 saturated heterocycles. The summed E-state index contributed by atoms with van der Waals surface area (Å²) in [6.07, 6.45) is 0.235. The molecule has 0 unspecified atom stereocenters. The van der Waals surface area contributed by atoms with Gasteiger partial charge in [0.05, 0.1) is 32.9 Å². The van der Waals surface area contributed by atoms with Crippen molar-refractivity contribution < 1.29 is 19.1 Å². The highest BCUT2D eigenvalue weighted by Crippen LogP contribution is 2.36. The lowest BCUT2D eigenvalue weighted by Gasteiger charge is -2.17. The number of hydrogen-bond donors (Lipinski definition) is 2. The summed E-state index contributed by atoms with van der Waals surface area (Å²) in [5, 5.41) is 23.3. The molecule has 39 heavy (non-hydrogen) atoms. The number of nitrogens with one attached hydrogen (secondary N) is 2. The number of amides is 2. The van der Waals surface area contributed by atoms with E-state index in [9.17, 15) is 9.59 Å². The molecule has 0 aliphatic rings. The number of ether oxygens (including phenoxy) is 2. The van der Waals surface area contributed by atoms with E-state index >= 15 is 0 Å². The van der Waals surface area contributed by atoms with Crippen LogP contribution in [-0.4, -0.2) is 62.5 Å². The molecule has 11 nitrogen and oxygen atoms in total. The highest BCUT2D eigenvalue weighted by molar-refractivity contribution is 8.01. The Morgan fingerprint density at radius 1 is 0.923 bits per heavy atom. The molecule has 14 heteroatoms. The van der Waals surface area contributed by atoms with Crippen molar-refractivity contribution in [3.63, 3.8) is 0 Å². The zero-order chi connectivity index (χ0) is 27.6. The van der Waals surface area contributed by atoms with Gasteiger partial charge in [-0.05, 0) is 23.4 Å². The fourth-order valence-electron chi connectivity index (χ4n) is 3.53. The van der Waals surface area contributed by atoms with E-state index in [1.807, 2.05) is 37.3 Å². The van der Waals surface area contributed by atoms with E-state index in [-0.39, 0.29) is 30.5 Å². The largest absolute Gasteiger partial charge is 0.494 e. The first-order valence-electron chi connectivity index (χ1n) is 11.9. The molecular weight excluding hydrogens is 559 g/mol. The second-order valence-electron chi connectivity index (χ2n) is 7.83. The third-order valence-electron chi connectivity index (χ3n) is 5.23. The number of rotatable bonds is 13. The van der Waals surface area contributed by atoms with Gasteiger partial charge in [-0.1, -0.05) is 78.2 Å². The summed E-state index contributed by atoms with van der Waals surface area (Å²) >= 11 is 4.07. The third kappa shape index (κ3) is 7.49. The maximum absolute atomic E-state index is 12.7. The summed E-state index contributed by atoms with van der Waals surface area (Å²) in [7, 11) is 3.11. The third-order valence-corrected chi connectivity index (χ3v) is 8.01. The first kappa shape index (κ1) is 28.4. The van der Waals surface area contributed by atoms with E-state index in [2.05, 4.69) is 31.0 Å². The lowest BCUT2D eigenvalue weighted by molar-refractivity contribution is -0.120. The van der Waals surface area contributed by atoms with Crippen LogP contribution in [0.4, 0.5) is 5.13 Å². The van der Waals surface area contributed by atoms with Crippen molar-refractivity contribution in [2.45, 2.75) is 29.4 Å². The van der Waals surface area contributed by atoms with Crippen molar-refractivity contribution in [2.75, 3.05) is 31.0 Å². The fourth-order valence-corrected chi connectivity index (χ4v) is 5.96. The first-order chi connectivity index (χ1) is 19.0. The van der Waals surface area contributed by atoms with Crippen molar-refractivity contribution in [3.8, 4) is 17.2 Å². The van der Waals surface area contributed by atoms with Crippen LogP contribution in [0.1, 0.15) is 18.3 Å². The number of thioether (sulfide) groups is 2. The first-order valence-corrected chi connectivity index (χ1v) is 14.7. The number of nitrogens with zero attached hydrogens (tertiary/aromatic N) is 5. The van der Waals surface area contributed by atoms with E-state index in [4.69, 9.17) is 9.47 Å². The lowest BCUT2D eigenvalue weighted by atomic mass is 10.1. The molecule has 0 fully saturated rings. The fraction of sp³-hybridized carbons (Fsp3) is 0.280. The predicted molar refractivity (Wildman–Crippen MR) is 152 cm³/mol. The SMILES string of the molecule is CCSc1nnc(NC(=O)CSc2nnc(CNC(=O)Cc3ccccc3)n2-c2c(OC)cccc2OC)s1. The van der Waals surface area contributed by atoms with Gasteiger partial charge in [0.2, 0.25) is 16.9 Å². The Morgan fingerprint density at radius 2 is 1.67 bits per heavy atom. The number of anilines is 1. The van der Waals surface area contributed by atoms with Gasteiger partial charge >= 0.3 is 0 Å². The van der Waals surface area contributed by atoms with E-state index in [1.54, 1.807) is 48.7 Å². The normalized spacial score (nSPS) is 10.7. The Labute approximate surface area is 238 Å². The van der Waals surface area contributed by atoms with Crippen LogP contribution in [0.2, 0.25) is 0 Å². The molecule has 0 radical (unpaired) electrons. The van der Waals surface area contributed by atoms with E-state index < -0.39 is 0 Å². The van der Waals surface area contributed by atoms with Crippen molar-refractivity contribution in [3.05, 3.63) is 59.9 Å². The molecule has 2 N–H and O–H groups in total. The summed E-state index contributed by atoms with van der Waals surface area (Å²) in [6, 6.07) is 14.9. The van der Waals surface area contributed by atoms with Crippen LogP contribution >= 0.6 is 34.9 Å². The molecular formula is C25H27N7O4S3. The van der Waals surface area contributed by atoms with Crippen LogP contribution in [0.3, 0.4) is 0 Å². The van der Waals surface area contributed by atoms with Gasteiger partial charge < -0.3 is 14.8 Å². The molecule has 2 aromatic heterocycles. The number of carbonyl (C=O) groups is 2. The molecule has 204 valence electrons. The number of carbonyl (C=O) groups excluding carboxylic acids is 2. The van der Waals surface area contributed by atoms with Gasteiger partial charge in [0.25, 0.3) is 0 Å². The van der Waals surface area contributed by atoms with Gasteiger partial charge in [0, 0.05) is 0 Å². The Balaban J connectivity index is 1.54. The zero-order valence-electron chi connectivity index (χ0n) is 21.5. The van der Waals surface area contributed by atoms with Crippen LogP contribution in [0.25, 0.3) is 5.69 Å². The van der Waals surface area contributed by atoms with Gasteiger partial charge in [-0.2, -0.15) is 0 Å². The molecule has 0 atom stereocenters. The zero-order valence-corrected chi connectivity index (χ0v) is 24.0. The molecule has 2 heterocycles. The van der Waals surface area contributed by atoms with Gasteiger partial charge in [-0.25, -0.2) is 0 Å². The van der Waals surface area contributed by atoms with E-state index in [1.165, 1.54) is 23.1 Å². The van der Waals surface area contributed by atoms with E-state index in [0.29, 0.717) is 33.3 Å². The Hall–Kier alpha value is -3.62. The monoisotopic (exact) mass is 585 g/mol. The lowest BCUT2D eigenvalue weighted by Crippen LogP contribution is -2.26. The summed E-state index contributed by atoms with van der Waals surface area (Å²) in [6.45, 7) is 2.13. The highest BCUT2D eigenvalue weighted by atomic mass is 32.2. The Kier molecular flexibility index (Phi) is 10.2. The predicted octanol–water partition coefficient (Wildman–Crippen LogP) is 3.84. The van der Waals surface area contributed by atoms with Gasteiger partial charge in [-0.15, -0.1) is 20.4 Å². The van der Waals surface area contributed by atoms with Gasteiger partial charge in [-0.3, -0.25) is 19.5 Å². The Morgan fingerprint density at radius 3 is 2.36 bits per heavy atom. The summed E-state index contributed by atoms with van der Waals surface area (Å²) in [4.78, 5) is 25.3. The number of para-hydroxylation sites is 1. The number of benzene rings is 2. The second kappa shape index (κ2) is 14.0. The quantitative estimate of drug-likeness (QED) is 0.176. The maximum Gasteiger partial charge on any atom is 0.236 e. The molecule has 2 aromatic carbocycles. The molecule has 0 saturated carbocycles. The topological polar surface area (TPSA) is 133 Å². The summed E-state index contributed by atoms with van der Waals surface area (Å²) < 4.78 is 13.7. The second-order valence-corrected chi connectivity index (χ2v) is 11.3. The van der Waals surface area contributed by atoms with Crippen molar-refractivity contribution in [1.29, 1.82) is 0 Å². The van der Waals surface area contributed by atoms with Crippen LogP contribution in [0.5, 0.6) is 11.5 Å². The minimum Gasteiger partial charge on any atom is -0.494 e. The molecule has 0 aliphatic heterocycles. The number of aromatic nitrogens is 5. The van der Waals surface area contributed by atoms with Gasteiger partial charge in [0.15, 0.2) is 15.3 Å². The maximum atomic E-state index is 12.7.